The third-order valence-electron chi connectivity index (χ3n) is 2.84. The number of rotatable bonds is 4. The maximum atomic E-state index is 13.1. The number of hydrogen-bond donors (Lipinski definition) is 2. The summed E-state index contributed by atoms with van der Waals surface area (Å²) >= 11 is 7.43. The average Bonchev–Trinajstić information content (AvgIpc) is 2.77. The van der Waals surface area contributed by atoms with Crippen molar-refractivity contribution in [3.63, 3.8) is 0 Å². The van der Waals surface area contributed by atoms with Gasteiger partial charge in [-0.1, -0.05) is 17.7 Å². The van der Waals surface area contributed by atoms with Gasteiger partial charge in [0.25, 0.3) is 0 Å². The van der Waals surface area contributed by atoms with Crippen LogP contribution in [0.15, 0.2) is 29.6 Å². The normalized spacial score (nSPS) is 12.7. The Kier molecular flexibility index (Phi) is 4.35. The van der Waals surface area contributed by atoms with Gasteiger partial charge in [-0.05, 0) is 48.1 Å². The molecule has 0 aliphatic carbocycles. The summed E-state index contributed by atoms with van der Waals surface area (Å²) in [6, 6.07) is 6.83. The van der Waals surface area contributed by atoms with E-state index < -0.39 is 5.82 Å². The van der Waals surface area contributed by atoms with Crippen LogP contribution in [0.2, 0.25) is 5.02 Å². The molecule has 1 aromatic heterocycles. The fourth-order valence-electron chi connectivity index (χ4n) is 1.87. The molecule has 0 radical (unpaired) electrons. The number of halogens is 2. The molecule has 0 aliphatic rings. The highest BCUT2D eigenvalue weighted by Crippen LogP contribution is 2.27. The highest BCUT2D eigenvalue weighted by Gasteiger charge is 2.15. The first kappa shape index (κ1) is 13.5. The lowest BCUT2D eigenvalue weighted by Crippen LogP contribution is -2.29. The van der Waals surface area contributed by atoms with Gasteiger partial charge in [-0.2, -0.15) is 0 Å². The SMILES string of the molecule is Cc1ccsc1C(Cc1ccc(F)c(Cl)c1)NN. The Labute approximate surface area is 115 Å². The van der Waals surface area contributed by atoms with Crippen LogP contribution in [0.25, 0.3) is 0 Å². The van der Waals surface area contributed by atoms with Crippen molar-refractivity contribution in [3.05, 3.63) is 56.5 Å². The topological polar surface area (TPSA) is 38.0 Å². The second-order valence-electron chi connectivity index (χ2n) is 4.14. The number of aryl methyl sites for hydroxylation is 1. The van der Waals surface area contributed by atoms with Gasteiger partial charge in [0.2, 0.25) is 0 Å². The Balaban J connectivity index is 2.20. The Morgan fingerprint density at radius 1 is 1.44 bits per heavy atom. The van der Waals surface area contributed by atoms with Gasteiger partial charge in [-0.25, -0.2) is 4.39 Å². The van der Waals surface area contributed by atoms with Gasteiger partial charge in [0.1, 0.15) is 5.82 Å². The Bertz CT molecular complexity index is 542. The molecule has 2 nitrogen and oxygen atoms in total. The molecule has 0 amide bonds. The van der Waals surface area contributed by atoms with E-state index >= 15 is 0 Å². The van der Waals surface area contributed by atoms with Crippen molar-refractivity contribution in [1.29, 1.82) is 0 Å². The summed E-state index contributed by atoms with van der Waals surface area (Å²) in [5, 5.41) is 2.18. The predicted molar refractivity (Wildman–Crippen MR) is 74.2 cm³/mol. The fraction of sp³-hybridized carbons (Fsp3) is 0.231. The third-order valence-corrected chi connectivity index (χ3v) is 4.27. The van der Waals surface area contributed by atoms with Crippen LogP contribution in [-0.2, 0) is 6.42 Å². The molecule has 1 unspecified atom stereocenters. The second-order valence-corrected chi connectivity index (χ2v) is 5.49. The maximum absolute atomic E-state index is 13.1. The molecular weight excluding hydrogens is 271 g/mol. The molecule has 2 rings (SSSR count). The summed E-state index contributed by atoms with van der Waals surface area (Å²) in [6.45, 7) is 2.05. The molecule has 3 N–H and O–H groups in total. The fourth-order valence-corrected chi connectivity index (χ4v) is 3.06. The Morgan fingerprint density at radius 2 is 2.22 bits per heavy atom. The molecule has 1 aromatic carbocycles. The van der Waals surface area contributed by atoms with Crippen molar-refractivity contribution in [2.24, 2.45) is 5.84 Å². The highest BCUT2D eigenvalue weighted by atomic mass is 35.5. The van der Waals surface area contributed by atoms with E-state index in [0.29, 0.717) is 6.42 Å². The third kappa shape index (κ3) is 2.90. The molecule has 0 fully saturated rings. The van der Waals surface area contributed by atoms with E-state index in [1.165, 1.54) is 16.5 Å². The summed E-state index contributed by atoms with van der Waals surface area (Å²) < 4.78 is 13.1. The van der Waals surface area contributed by atoms with E-state index in [1.54, 1.807) is 23.5 Å². The Hall–Kier alpha value is -0.940. The van der Waals surface area contributed by atoms with Crippen LogP contribution < -0.4 is 11.3 Å². The van der Waals surface area contributed by atoms with Gasteiger partial charge >= 0.3 is 0 Å². The molecule has 0 aliphatic heterocycles. The van der Waals surface area contributed by atoms with Crippen molar-refractivity contribution in [2.45, 2.75) is 19.4 Å². The molecule has 2 aromatic rings. The van der Waals surface area contributed by atoms with E-state index in [9.17, 15) is 4.39 Å². The minimum Gasteiger partial charge on any atom is -0.271 e. The zero-order valence-electron chi connectivity index (χ0n) is 9.91. The van der Waals surface area contributed by atoms with Gasteiger partial charge in [-0.15, -0.1) is 11.3 Å². The summed E-state index contributed by atoms with van der Waals surface area (Å²) in [7, 11) is 0. The molecule has 0 saturated heterocycles. The number of nitrogens with one attached hydrogen (secondary N) is 1. The second kappa shape index (κ2) is 5.80. The molecule has 5 heteroatoms. The predicted octanol–water partition coefficient (Wildman–Crippen LogP) is 3.60. The zero-order chi connectivity index (χ0) is 13.1. The molecule has 18 heavy (non-hydrogen) atoms. The van der Waals surface area contributed by atoms with Gasteiger partial charge in [0, 0.05) is 4.88 Å². The number of hydrogen-bond acceptors (Lipinski definition) is 3. The van der Waals surface area contributed by atoms with Crippen LogP contribution in [0.4, 0.5) is 4.39 Å². The first-order chi connectivity index (χ1) is 8.61. The van der Waals surface area contributed by atoms with Crippen LogP contribution in [-0.4, -0.2) is 0 Å². The molecule has 0 bridgehead atoms. The van der Waals surface area contributed by atoms with Crippen LogP contribution in [0.5, 0.6) is 0 Å². The van der Waals surface area contributed by atoms with Crippen LogP contribution in [0.1, 0.15) is 22.0 Å². The minimum atomic E-state index is -0.398. The number of thiophene rings is 1. The van der Waals surface area contributed by atoms with Crippen LogP contribution in [0.3, 0.4) is 0 Å². The number of benzene rings is 1. The lowest BCUT2D eigenvalue weighted by atomic mass is 10.0. The Morgan fingerprint density at radius 3 is 2.78 bits per heavy atom. The highest BCUT2D eigenvalue weighted by molar-refractivity contribution is 7.10. The van der Waals surface area contributed by atoms with E-state index in [1.807, 2.05) is 12.3 Å². The number of nitrogens with two attached hydrogens (primary N) is 1. The molecule has 1 atom stereocenters. The standard InChI is InChI=1S/C13H14ClFN2S/c1-8-4-5-18-13(8)12(17-16)7-9-2-3-11(15)10(14)6-9/h2-6,12,17H,7,16H2,1H3. The summed E-state index contributed by atoms with van der Waals surface area (Å²) in [6.07, 6.45) is 0.678. The average molecular weight is 285 g/mol. The molecule has 1 heterocycles. The summed E-state index contributed by atoms with van der Waals surface area (Å²) in [5.74, 6) is 5.20. The smallest absolute Gasteiger partial charge is 0.141 e. The van der Waals surface area contributed by atoms with Crippen LogP contribution >= 0.6 is 22.9 Å². The molecule has 0 saturated carbocycles. The lowest BCUT2D eigenvalue weighted by Gasteiger charge is -2.16. The van der Waals surface area contributed by atoms with Crippen molar-refractivity contribution in [3.8, 4) is 0 Å². The van der Waals surface area contributed by atoms with Crippen molar-refractivity contribution in [1.82, 2.24) is 5.43 Å². The lowest BCUT2D eigenvalue weighted by molar-refractivity contribution is 0.557. The first-order valence-electron chi connectivity index (χ1n) is 5.56. The molecular formula is C13H14ClFN2S. The van der Waals surface area contributed by atoms with E-state index in [2.05, 4.69) is 11.5 Å². The summed E-state index contributed by atoms with van der Waals surface area (Å²) in [5.41, 5.74) is 4.96. The van der Waals surface area contributed by atoms with Gasteiger partial charge < -0.3 is 0 Å². The minimum absolute atomic E-state index is 0.0199. The number of hydrazine groups is 1. The van der Waals surface area contributed by atoms with E-state index in [4.69, 9.17) is 17.4 Å². The van der Waals surface area contributed by atoms with Gasteiger partial charge in [-0.3, -0.25) is 11.3 Å². The van der Waals surface area contributed by atoms with Crippen LogP contribution in [0, 0.1) is 12.7 Å². The molecule has 96 valence electrons. The van der Waals surface area contributed by atoms with Crippen molar-refractivity contribution < 1.29 is 4.39 Å². The summed E-state index contributed by atoms with van der Waals surface area (Å²) in [4.78, 5) is 1.19. The maximum Gasteiger partial charge on any atom is 0.141 e. The molecule has 0 spiro atoms. The largest absolute Gasteiger partial charge is 0.271 e. The quantitative estimate of drug-likeness (QED) is 0.665. The first-order valence-corrected chi connectivity index (χ1v) is 6.81. The van der Waals surface area contributed by atoms with E-state index in [0.717, 1.165) is 5.56 Å². The zero-order valence-corrected chi connectivity index (χ0v) is 11.5. The van der Waals surface area contributed by atoms with Gasteiger partial charge in [0.05, 0.1) is 11.1 Å². The monoisotopic (exact) mass is 284 g/mol. The van der Waals surface area contributed by atoms with E-state index in [-0.39, 0.29) is 11.1 Å². The van der Waals surface area contributed by atoms with Crippen molar-refractivity contribution in [2.75, 3.05) is 0 Å². The van der Waals surface area contributed by atoms with Gasteiger partial charge in [0.15, 0.2) is 0 Å². The van der Waals surface area contributed by atoms with Crippen molar-refractivity contribution >= 4 is 22.9 Å².